The molecule has 1 amide bonds. The molecule has 1 fully saturated rings. The molecule has 1 aliphatic rings. The summed E-state index contributed by atoms with van der Waals surface area (Å²) in [4.78, 5) is 22.0. The number of nitrogens with two attached hydrogens (primary N) is 1. The highest BCUT2D eigenvalue weighted by atomic mass is 16.3. The largest absolute Gasteiger partial charge is 0.494 e. The van der Waals surface area contributed by atoms with E-state index in [0.29, 0.717) is 22.4 Å². The van der Waals surface area contributed by atoms with Crippen LogP contribution in [0.15, 0.2) is 77.8 Å². The van der Waals surface area contributed by atoms with E-state index in [1.54, 1.807) is 18.2 Å². The molecule has 33 heavy (non-hydrogen) atoms. The van der Waals surface area contributed by atoms with Crippen molar-refractivity contribution in [1.29, 1.82) is 0 Å². The number of rotatable bonds is 6. The number of aromatic nitrogens is 1. The van der Waals surface area contributed by atoms with E-state index in [1.165, 1.54) is 18.4 Å². The van der Waals surface area contributed by atoms with Crippen molar-refractivity contribution in [1.82, 2.24) is 9.88 Å². The number of aromatic amines is 1. The van der Waals surface area contributed by atoms with E-state index in [4.69, 9.17) is 10.7 Å². The lowest BCUT2D eigenvalue weighted by molar-refractivity contribution is 0.100. The van der Waals surface area contributed by atoms with Gasteiger partial charge < -0.3 is 15.8 Å². The smallest absolute Gasteiger partial charge is 0.248 e. The lowest BCUT2D eigenvalue weighted by Gasteiger charge is -2.14. The number of likely N-dealkylation sites (tertiary alicyclic amines) is 1. The Bertz CT molecular complexity index is 1320. The summed E-state index contributed by atoms with van der Waals surface area (Å²) in [5.74, 6) is -0.515. The number of hydrogen-bond donors (Lipinski definition) is 3. The van der Waals surface area contributed by atoms with Gasteiger partial charge in [-0.05, 0) is 55.8 Å². The van der Waals surface area contributed by atoms with Gasteiger partial charge in [0.05, 0.1) is 17.0 Å². The van der Waals surface area contributed by atoms with Crippen molar-refractivity contribution in [2.45, 2.75) is 19.4 Å². The highest BCUT2D eigenvalue weighted by molar-refractivity contribution is 6.22. The van der Waals surface area contributed by atoms with Gasteiger partial charge in [0.2, 0.25) is 5.91 Å². The Balaban J connectivity index is 1.57. The van der Waals surface area contributed by atoms with Gasteiger partial charge in [0.1, 0.15) is 0 Å². The van der Waals surface area contributed by atoms with Gasteiger partial charge in [0, 0.05) is 28.6 Å². The predicted octanol–water partition coefficient (Wildman–Crippen LogP) is 4.74. The number of H-pyrrole nitrogens is 1. The minimum Gasteiger partial charge on any atom is -0.494 e. The zero-order valence-electron chi connectivity index (χ0n) is 18.3. The maximum absolute atomic E-state index is 11.6. The number of nitrogens with zero attached hydrogens (tertiary/aromatic N) is 2. The molecule has 4 aromatic rings. The molecule has 166 valence electrons. The first-order valence-electron chi connectivity index (χ1n) is 11.2. The number of benzene rings is 3. The van der Waals surface area contributed by atoms with Gasteiger partial charge in [-0.2, -0.15) is 0 Å². The Morgan fingerprint density at radius 1 is 0.970 bits per heavy atom. The van der Waals surface area contributed by atoms with E-state index in [9.17, 15) is 9.90 Å². The molecule has 1 aliphatic heterocycles. The minimum atomic E-state index is -0.515. The van der Waals surface area contributed by atoms with Gasteiger partial charge in [0.15, 0.2) is 5.88 Å². The number of aromatic hydroxyl groups is 1. The summed E-state index contributed by atoms with van der Waals surface area (Å²) >= 11 is 0. The van der Waals surface area contributed by atoms with Crippen LogP contribution in [0.1, 0.15) is 39.9 Å². The fourth-order valence-corrected chi connectivity index (χ4v) is 4.44. The van der Waals surface area contributed by atoms with Gasteiger partial charge in [-0.1, -0.05) is 48.5 Å². The molecular formula is C27H26N4O2. The second-order valence-electron chi connectivity index (χ2n) is 8.45. The number of hydrogen-bond acceptors (Lipinski definition) is 4. The first-order chi connectivity index (χ1) is 16.1. The molecule has 1 aromatic heterocycles. The number of primary amides is 1. The normalized spacial score (nSPS) is 14.7. The summed E-state index contributed by atoms with van der Waals surface area (Å²) in [6.07, 6.45) is 2.55. The van der Waals surface area contributed by atoms with Crippen LogP contribution in [0.2, 0.25) is 0 Å². The van der Waals surface area contributed by atoms with Crippen LogP contribution in [-0.2, 0) is 6.54 Å². The summed E-state index contributed by atoms with van der Waals surface area (Å²) in [5, 5.41) is 11.6. The summed E-state index contributed by atoms with van der Waals surface area (Å²) in [6.45, 7) is 3.28. The molecule has 0 bridgehead atoms. The van der Waals surface area contributed by atoms with E-state index < -0.39 is 5.91 Å². The SMILES string of the molecule is NC(=O)c1ccc2c(C(=Nc3ccc(CN4CCCC4)cc3)c3ccccc3)c(O)[nH]c2c1. The van der Waals surface area contributed by atoms with Crippen molar-refractivity contribution in [3.8, 4) is 5.88 Å². The van der Waals surface area contributed by atoms with Crippen LogP contribution >= 0.6 is 0 Å². The lowest BCUT2D eigenvalue weighted by atomic mass is 10.00. The molecule has 6 nitrogen and oxygen atoms in total. The van der Waals surface area contributed by atoms with Gasteiger partial charge in [0.25, 0.3) is 0 Å². The third-order valence-corrected chi connectivity index (χ3v) is 6.13. The summed E-state index contributed by atoms with van der Waals surface area (Å²) in [5.41, 5.74) is 10.6. The van der Waals surface area contributed by atoms with Crippen LogP contribution in [0.4, 0.5) is 5.69 Å². The second-order valence-corrected chi connectivity index (χ2v) is 8.45. The Morgan fingerprint density at radius 3 is 2.39 bits per heavy atom. The van der Waals surface area contributed by atoms with Crippen molar-refractivity contribution < 1.29 is 9.90 Å². The van der Waals surface area contributed by atoms with E-state index in [2.05, 4.69) is 22.0 Å². The molecule has 2 heterocycles. The standard InChI is InChI=1S/C27H26N4O2/c28-26(32)20-10-13-22-23(16-20)30-27(33)24(22)25(19-6-2-1-3-7-19)29-21-11-8-18(9-12-21)17-31-14-4-5-15-31/h1-3,6-13,16,30,33H,4-5,14-15,17H2,(H2,28,32). The van der Waals surface area contributed by atoms with E-state index in [-0.39, 0.29) is 5.88 Å². The molecule has 1 saturated heterocycles. The van der Waals surface area contributed by atoms with E-state index in [0.717, 1.165) is 36.3 Å². The molecule has 0 aliphatic carbocycles. The first kappa shape index (κ1) is 21.0. The maximum atomic E-state index is 11.6. The molecule has 3 aromatic carbocycles. The number of aliphatic imine (C=N–C) groups is 1. The fourth-order valence-electron chi connectivity index (χ4n) is 4.44. The van der Waals surface area contributed by atoms with Crippen LogP contribution in [-0.4, -0.2) is 39.7 Å². The predicted molar refractivity (Wildman–Crippen MR) is 131 cm³/mol. The number of fused-ring (bicyclic) bond motifs is 1. The molecule has 0 unspecified atom stereocenters. The van der Waals surface area contributed by atoms with Crippen molar-refractivity contribution in [2.75, 3.05) is 13.1 Å². The molecule has 0 spiro atoms. The van der Waals surface area contributed by atoms with Crippen LogP contribution in [0.3, 0.4) is 0 Å². The molecular weight excluding hydrogens is 412 g/mol. The van der Waals surface area contributed by atoms with Crippen LogP contribution in [0.5, 0.6) is 5.88 Å². The average molecular weight is 439 g/mol. The quantitative estimate of drug-likeness (QED) is 0.380. The van der Waals surface area contributed by atoms with Crippen LogP contribution in [0.25, 0.3) is 10.9 Å². The molecule has 5 rings (SSSR count). The number of amides is 1. The minimum absolute atomic E-state index is 0.000114. The average Bonchev–Trinajstić information content (AvgIpc) is 3.45. The highest BCUT2D eigenvalue weighted by Crippen LogP contribution is 2.32. The number of carbonyl (C=O) groups is 1. The van der Waals surface area contributed by atoms with Crippen LogP contribution in [0, 0.1) is 0 Å². The Morgan fingerprint density at radius 2 is 1.70 bits per heavy atom. The van der Waals surface area contributed by atoms with Crippen LogP contribution < -0.4 is 5.73 Å². The highest BCUT2D eigenvalue weighted by Gasteiger charge is 2.19. The molecule has 6 heteroatoms. The van der Waals surface area contributed by atoms with E-state index in [1.807, 2.05) is 42.5 Å². The zero-order chi connectivity index (χ0) is 22.8. The van der Waals surface area contributed by atoms with Crippen molar-refractivity contribution in [2.24, 2.45) is 10.7 Å². The monoisotopic (exact) mass is 438 g/mol. The first-order valence-corrected chi connectivity index (χ1v) is 11.2. The Hall–Kier alpha value is -3.90. The summed E-state index contributed by atoms with van der Waals surface area (Å²) < 4.78 is 0. The van der Waals surface area contributed by atoms with Gasteiger partial charge >= 0.3 is 0 Å². The molecule has 0 radical (unpaired) electrons. The second kappa shape index (κ2) is 8.92. The lowest BCUT2D eigenvalue weighted by Crippen LogP contribution is -2.18. The van der Waals surface area contributed by atoms with Crippen molar-refractivity contribution in [3.63, 3.8) is 0 Å². The third kappa shape index (κ3) is 4.38. The van der Waals surface area contributed by atoms with E-state index >= 15 is 0 Å². The molecule has 0 saturated carbocycles. The fraction of sp³-hybridized carbons (Fsp3) is 0.185. The number of carbonyl (C=O) groups excluding carboxylic acids is 1. The van der Waals surface area contributed by atoms with Crippen molar-refractivity contribution in [3.05, 3.63) is 95.1 Å². The van der Waals surface area contributed by atoms with Gasteiger partial charge in [-0.15, -0.1) is 0 Å². The maximum Gasteiger partial charge on any atom is 0.248 e. The van der Waals surface area contributed by atoms with Gasteiger partial charge in [-0.25, -0.2) is 4.99 Å². The zero-order valence-corrected chi connectivity index (χ0v) is 18.3. The van der Waals surface area contributed by atoms with Crippen molar-refractivity contribution >= 4 is 28.2 Å². The summed E-state index contributed by atoms with van der Waals surface area (Å²) in [6, 6.07) is 23.2. The Labute approximate surface area is 192 Å². The Kier molecular flexibility index (Phi) is 5.67. The summed E-state index contributed by atoms with van der Waals surface area (Å²) in [7, 11) is 0. The number of nitrogens with one attached hydrogen (secondary N) is 1. The van der Waals surface area contributed by atoms with Gasteiger partial charge in [-0.3, -0.25) is 9.69 Å². The topological polar surface area (TPSA) is 94.7 Å². The molecule has 4 N–H and O–H groups in total. The third-order valence-electron chi connectivity index (χ3n) is 6.13. The molecule has 0 atom stereocenters.